The van der Waals surface area contributed by atoms with Crippen molar-refractivity contribution in [3.05, 3.63) is 41.9 Å². The van der Waals surface area contributed by atoms with E-state index in [2.05, 4.69) is 34.9 Å². The average molecular weight is 320 g/mol. The van der Waals surface area contributed by atoms with Crippen LogP contribution >= 0.6 is 0 Å². The molecule has 0 radical (unpaired) electrons. The predicted octanol–water partition coefficient (Wildman–Crippen LogP) is 3.63. The molecule has 3 aromatic heterocycles. The summed E-state index contributed by atoms with van der Waals surface area (Å²) in [5.74, 6) is 0. The summed E-state index contributed by atoms with van der Waals surface area (Å²) in [4.78, 5) is 9.65. The van der Waals surface area contributed by atoms with E-state index in [1.807, 2.05) is 18.5 Å². The fourth-order valence-corrected chi connectivity index (χ4v) is 3.91. The van der Waals surface area contributed by atoms with Gasteiger partial charge < -0.3 is 9.30 Å². The van der Waals surface area contributed by atoms with Crippen LogP contribution in [0.25, 0.3) is 27.7 Å². The molecule has 0 spiro atoms. The van der Waals surface area contributed by atoms with Gasteiger partial charge in [-0.2, -0.15) is 0 Å². The molecule has 1 fully saturated rings. The van der Waals surface area contributed by atoms with E-state index in [1.54, 1.807) is 0 Å². The number of imidazole rings is 1. The summed E-state index contributed by atoms with van der Waals surface area (Å²) in [7, 11) is 0. The van der Waals surface area contributed by atoms with Crippen molar-refractivity contribution in [3.63, 3.8) is 0 Å². The molecule has 122 valence electrons. The summed E-state index contributed by atoms with van der Waals surface area (Å²) in [5, 5.41) is 1.16. The minimum absolute atomic E-state index is 0.301. The summed E-state index contributed by atoms with van der Waals surface area (Å²) in [6.07, 6.45) is 4.49. The van der Waals surface area contributed by atoms with E-state index >= 15 is 0 Å². The predicted molar refractivity (Wildman–Crippen MR) is 94.4 cm³/mol. The highest BCUT2D eigenvalue weighted by molar-refractivity contribution is 5.98. The molecule has 0 amide bonds. The number of hydrogen-bond acceptors (Lipinski definition) is 3. The Hall–Kier alpha value is -2.40. The number of benzene rings is 1. The molecule has 5 rings (SSSR count). The third-order valence-corrected chi connectivity index (χ3v) is 5.33. The first-order chi connectivity index (χ1) is 11.7. The van der Waals surface area contributed by atoms with Crippen LogP contribution in [0.2, 0.25) is 0 Å². The Morgan fingerprint density at radius 2 is 2.08 bits per heavy atom. The number of hydrogen-bond donors (Lipinski definition) is 0. The van der Waals surface area contributed by atoms with Crippen molar-refractivity contribution in [2.45, 2.75) is 39.3 Å². The van der Waals surface area contributed by atoms with Crippen molar-refractivity contribution in [1.29, 1.82) is 0 Å². The van der Waals surface area contributed by atoms with E-state index in [0.717, 1.165) is 53.7 Å². The lowest BCUT2D eigenvalue weighted by molar-refractivity contribution is 0.0974. The molecule has 0 unspecified atom stereocenters. The third kappa shape index (κ3) is 1.85. The molecule has 4 aromatic rings. The molecule has 1 aromatic carbocycles. The quantitative estimate of drug-likeness (QED) is 0.566. The smallest absolute Gasteiger partial charge is 0.150 e. The van der Waals surface area contributed by atoms with E-state index in [1.165, 1.54) is 11.3 Å². The van der Waals surface area contributed by atoms with E-state index < -0.39 is 0 Å². The van der Waals surface area contributed by atoms with Crippen molar-refractivity contribution < 1.29 is 4.74 Å². The van der Waals surface area contributed by atoms with Crippen LogP contribution in [-0.4, -0.2) is 31.6 Å². The Morgan fingerprint density at radius 3 is 2.92 bits per heavy atom. The van der Waals surface area contributed by atoms with Gasteiger partial charge in [0.25, 0.3) is 0 Å². The highest BCUT2D eigenvalue weighted by Crippen LogP contribution is 2.30. The van der Waals surface area contributed by atoms with Gasteiger partial charge in [-0.05, 0) is 44.4 Å². The summed E-state index contributed by atoms with van der Waals surface area (Å²) in [6.45, 7) is 6.10. The minimum atomic E-state index is 0.301. The maximum absolute atomic E-state index is 5.84. The number of rotatable bonds is 2. The third-order valence-electron chi connectivity index (χ3n) is 5.33. The molecule has 1 aliphatic rings. The van der Waals surface area contributed by atoms with Crippen LogP contribution in [0.5, 0.6) is 0 Å². The molecular weight excluding hydrogens is 300 g/mol. The van der Waals surface area contributed by atoms with Gasteiger partial charge in [0.05, 0.1) is 29.1 Å². The second kappa shape index (κ2) is 5.05. The first-order valence-electron chi connectivity index (χ1n) is 8.57. The van der Waals surface area contributed by atoms with Crippen LogP contribution in [0.1, 0.15) is 24.1 Å². The molecule has 1 aliphatic heterocycles. The standard InChI is InChI=1S/C19H20N4O/c1-12-13(2)22(10-14-6-5-9-24-14)18-17(12)19-21-15-7-3-4-8-16(15)23(19)11-20-18/h3-4,7-8,11,14H,5-6,9-10H2,1-2H3/t14-/m1/s1. The molecular formula is C19H20N4O. The second-order valence-corrected chi connectivity index (χ2v) is 6.69. The number of fused-ring (bicyclic) bond motifs is 5. The van der Waals surface area contributed by atoms with E-state index in [-0.39, 0.29) is 0 Å². The molecule has 0 saturated carbocycles. The number of aryl methyl sites for hydroxylation is 1. The van der Waals surface area contributed by atoms with Gasteiger partial charge in [0.1, 0.15) is 12.0 Å². The molecule has 1 atom stereocenters. The van der Waals surface area contributed by atoms with Gasteiger partial charge in [-0.3, -0.25) is 4.40 Å². The molecule has 5 nitrogen and oxygen atoms in total. The zero-order chi connectivity index (χ0) is 16.3. The number of nitrogens with zero attached hydrogens (tertiary/aromatic N) is 4. The summed E-state index contributed by atoms with van der Waals surface area (Å²) < 4.78 is 10.2. The molecule has 5 heteroatoms. The number of aromatic nitrogens is 4. The Labute approximate surface area is 139 Å². The largest absolute Gasteiger partial charge is 0.376 e. The Morgan fingerprint density at radius 1 is 1.21 bits per heavy atom. The van der Waals surface area contributed by atoms with Crippen molar-refractivity contribution in [3.8, 4) is 0 Å². The van der Waals surface area contributed by atoms with Crippen LogP contribution in [0.15, 0.2) is 30.6 Å². The summed E-state index contributed by atoms with van der Waals surface area (Å²) >= 11 is 0. The summed E-state index contributed by atoms with van der Waals surface area (Å²) in [5.41, 5.74) is 6.64. The van der Waals surface area contributed by atoms with Gasteiger partial charge in [-0.25, -0.2) is 9.97 Å². The second-order valence-electron chi connectivity index (χ2n) is 6.69. The van der Waals surface area contributed by atoms with Gasteiger partial charge in [0.2, 0.25) is 0 Å². The van der Waals surface area contributed by atoms with Crippen molar-refractivity contribution in [2.75, 3.05) is 6.61 Å². The molecule has 0 bridgehead atoms. The highest BCUT2D eigenvalue weighted by atomic mass is 16.5. The zero-order valence-electron chi connectivity index (χ0n) is 14.0. The minimum Gasteiger partial charge on any atom is -0.376 e. The molecule has 0 aliphatic carbocycles. The van der Waals surface area contributed by atoms with Gasteiger partial charge in [0.15, 0.2) is 5.65 Å². The van der Waals surface area contributed by atoms with E-state index in [0.29, 0.717) is 6.10 Å². The number of ether oxygens (including phenoxy) is 1. The molecule has 24 heavy (non-hydrogen) atoms. The lowest BCUT2D eigenvalue weighted by atomic mass is 10.2. The lowest BCUT2D eigenvalue weighted by Crippen LogP contribution is -2.16. The van der Waals surface area contributed by atoms with Gasteiger partial charge in [0, 0.05) is 12.3 Å². The van der Waals surface area contributed by atoms with Gasteiger partial charge in [-0.1, -0.05) is 12.1 Å². The molecule has 0 N–H and O–H groups in total. The fourth-order valence-electron chi connectivity index (χ4n) is 3.91. The van der Waals surface area contributed by atoms with E-state index in [4.69, 9.17) is 14.7 Å². The Kier molecular flexibility index (Phi) is 2.94. The topological polar surface area (TPSA) is 44.4 Å². The molecule has 4 heterocycles. The maximum Gasteiger partial charge on any atom is 0.150 e. The van der Waals surface area contributed by atoms with Crippen LogP contribution in [0, 0.1) is 13.8 Å². The highest BCUT2D eigenvalue weighted by Gasteiger charge is 2.22. The van der Waals surface area contributed by atoms with Crippen LogP contribution in [0.3, 0.4) is 0 Å². The lowest BCUT2D eigenvalue weighted by Gasteiger charge is -2.13. The Bertz CT molecular complexity index is 1070. The first kappa shape index (κ1) is 14.0. The first-order valence-corrected chi connectivity index (χ1v) is 8.57. The van der Waals surface area contributed by atoms with Crippen molar-refractivity contribution in [2.24, 2.45) is 0 Å². The maximum atomic E-state index is 5.84. The normalized spacial score (nSPS) is 18.3. The van der Waals surface area contributed by atoms with Crippen LogP contribution in [-0.2, 0) is 11.3 Å². The van der Waals surface area contributed by atoms with E-state index in [9.17, 15) is 0 Å². The fraction of sp³-hybridized carbons (Fsp3) is 0.368. The van der Waals surface area contributed by atoms with Gasteiger partial charge in [-0.15, -0.1) is 0 Å². The van der Waals surface area contributed by atoms with Crippen LogP contribution in [0.4, 0.5) is 0 Å². The molecule has 1 saturated heterocycles. The number of para-hydroxylation sites is 2. The van der Waals surface area contributed by atoms with Crippen molar-refractivity contribution >= 4 is 27.7 Å². The average Bonchev–Trinajstić information content (AvgIpc) is 3.29. The van der Waals surface area contributed by atoms with Gasteiger partial charge >= 0.3 is 0 Å². The van der Waals surface area contributed by atoms with Crippen molar-refractivity contribution in [1.82, 2.24) is 18.9 Å². The van der Waals surface area contributed by atoms with Crippen LogP contribution < -0.4 is 0 Å². The summed E-state index contributed by atoms with van der Waals surface area (Å²) in [6, 6.07) is 8.22. The zero-order valence-corrected chi connectivity index (χ0v) is 14.0. The Balaban J connectivity index is 1.80. The monoisotopic (exact) mass is 320 g/mol. The SMILES string of the molecule is Cc1c(C)n(C[C@H]2CCCO2)c2ncn3c4ccccc4nc3c12.